The molecule has 0 aliphatic heterocycles. The van der Waals surface area contributed by atoms with Gasteiger partial charge in [-0.3, -0.25) is 4.79 Å². The molecule has 2 rings (SSSR count). The number of phenolic OH excluding ortho intramolecular Hbond substituents is 1. The van der Waals surface area contributed by atoms with Gasteiger partial charge < -0.3 is 20.9 Å². The Bertz CT molecular complexity index is 735. The van der Waals surface area contributed by atoms with E-state index < -0.39 is 5.91 Å². The summed E-state index contributed by atoms with van der Waals surface area (Å²) in [6.07, 6.45) is 0. The second-order valence-corrected chi connectivity index (χ2v) is 4.25. The van der Waals surface area contributed by atoms with Gasteiger partial charge in [0, 0.05) is 11.8 Å². The molecule has 1 amide bonds. The molecule has 2 aromatic rings. The third kappa shape index (κ3) is 3.04. The molecular formula is C15H13N3O3. The highest BCUT2D eigenvalue weighted by molar-refractivity contribution is 6.08. The summed E-state index contributed by atoms with van der Waals surface area (Å²) in [6.45, 7) is 0. The molecule has 0 saturated heterocycles. The summed E-state index contributed by atoms with van der Waals surface area (Å²) in [5, 5.41) is 20.9. The number of carbonyl (C=O) groups is 1. The van der Waals surface area contributed by atoms with Crippen molar-refractivity contribution in [3.8, 4) is 17.6 Å². The maximum absolute atomic E-state index is 12.2. The van der Waals surface area contributed by atoms with E-state index >= 15 is 0 Å². The third-order valence-corrected chi connectivity index (χ3v) is 2.86. The molecule has 0 bridgehead atoms. The smallest absolute Gasteiger partial charge is 0.257 e. The molecule has 0 aromatic heterocycles. The van der Waals surface area contributed by atoms with Crippen molar-refractivity contribution in [2.45, 2.75) is 0 Å². The number of carbonyl (C=O) groups excluding carboxylic acids is 1. The van der Waals surface area contributed by atoms with Gasteiger partial charge in [0.1, 0.15) is 11.5 Å². The summed E-state index contributed by atoms with van der Waals surface area (Å²) < 4.78 is 5.13. The second kappa shape index (κ2) is 5.84. The van der Waals surface area contributed by atoms with Crippen LogP contribution in [0.25, 0.3) is 0 Å². The van der Waals surface area contributed by atoms with Crippen molar-refractivity contribution in [3.05, 3.63) is 47.5 Å². The maximum Gasteiger partial charge on any atom is 0.257 e. The van der Waals surface area contributed by atoms with Crippen LogP contribution in [0.1, 0.15) is 15.9 Å². The van der Waals surface area contributed by atoms with Crippen molar-refractivity contribution >= 4 is 17.3 Å². The average Bonchev–Trinajstić information content (AvgIpc) is 2.49. The Hall–Kier alpha value is -3.20. The lowest BCUT2D eigenvalue weighted by atomic mass is 10.1. The van der Waals surface area contributed by atoms with Crippen molar-refractivity contribution in [2.75, 3.05) is 18.2 Å². The summed E-state index contributed by atoms with van der Waals surface area (Å²) in [7, 11) is 1.44. The monoisotopic (exact) mass is 283 g/mol. The molecule has 21 heavy (non-hydrogen) atoms. The van der Waals surface area contributed by atoms with Crippen LogP contribution < -0.4 is 15.8 Å². The lowest BCUT2D eigenvalue weighted by molar-refractivity contribution is 0.102. The minimum absolute atomic E-state index is 0.0545. The first-order valence-electron chi connectivity index (χ1n) is 6.03. The van der Waals surface area contributed by atoms with Gasteiger partial charge in [-0.2, -0.15) is 5.26 Å². The van der Waals surface area contributed by atoms with E-state index in [4.69, 9.17) is 15.7 Å². The van der Waals surface area contributed by atoms with Crippen molar-refractivity contribution < 1.29 is 14.6 Å². The van der Waals surface area contributed by atoms with Crippen LogP contribution in [0.4, 0.5) is 11.4 Å². The number of nitrogens with one attached hydrogen (secondary N) is 1. The minimum atomic E-state index is -0.480. The van der Waals surface area contributed by atoms with E-state index in [1.807, 2.05) is 6.07 Å². The Morgan fingerprint density at radius 1 is 1.33 bits per heavy atom. The number of phenols is 1. The SMILES string of the molecule is COc1cc(C#N)ccc1NC(=O)c1cc(O)ccc1N. The lowest BCUT2D eigenvalue weighted by Gasteiger charge is -2.11. The summed E-state index contributed by atoms with van der Waals surface area (Å²) in [4.78, 5) is 12.2. The fourth-order valence-corrected chi connectivity index (χ4v) is 1.79. The number of hydrogen-bond donors (Lipinski definition) is 3. The van der Waals surface area contributed by atoms with Crippen molar-refractivity contribution in [3.63, 3.8) is 0 Å². The van der Waals surface area contributed by atoms with Crippen LogP contribution in [-0.4, -0.2) is 18.1 Å². The predicted octanol–water partition coefficient (Wildman–Crippen LogP) is 2.11. The Kier molecular flexibility index (Phi) is 3.95. The Morgan fingerprint density at radius 2 is 2.10 bits per heavy atom. The number of amides is 1. The molecule has 0 radical (unpaired) electrons. The van der Waals surface area contributed by atoms with Crippen LogP contribution in [0.5, 0.6) is 11.5 Å². The molecule has 0 saturated carbocycles. The summed E-state index contributed by atoms with van der Waals surface area (Å²) in [5.74, 6) is -0.173. The van der Waals surface area contributed by atoms with E-state index in [-0.39, 0.29) is 17.0 Å². The highest BCUT2D eigenvalue weighted by Crippen LogP contribution is 2.27. The van der Waals surface area contributed by atoms with Crippen LogP contribution in [0.2, 0.25) is 0 Å². The minimum Gasteiger partial charge on any atom is -0.508 e. The fraction of sp³-hybridized carbons (Fsp3) is 0.0667. The molecule has 0 heterocycles. The number of aromatic hydroxyl groups is 1. The number of rotatable bonds is 3. The van der Waals surface area contributed by atoms with E-state index in [9.17, 15) is 9.90 Å². The molecule has 4 N–H and O–H groups in total. The predicted molar refractivity (Wildman–Crippen MR) is 78.2 cm³/mol. The van der Waals surface area contributed by atoms with E-state index in [0.29, 0.717) is 17.0 Å². The standard InChI is InChI=1S/C15H13N3O3/c1-21-14-6-9(8-16)2-5-13(14)18-15(20)11-7-10(19)3-4-12(11)17/h2-7,19H,17H2,1H3,(H,18,20). The number of nitrogen functional groups attached to an aromatic ring is 1. The highest BCUT2D eigenvalue weighted by atomic mass is 16.5. The molecule has 2 aromatic carbocycles. The van der Waals surface area contributed by atoms with Crippen LogP contribution in [0.15, 0.2) is 36.4 Å². The lowest BCUT2D eigenvalue weighted by Crippen LogP contribution is -2.14. The van der Waals surface area contributed by atoms with Gasteiger partial charge in [-0.15, -0.1) is 0 Å². The first kappa shape index (κ1) is 14.2. The molecule has 6 nitrogen and oxygen atoms in total. The van der Waals surface area contributed by atoms with E-state index in [2.05, 4.69) is 5.32 Å². The Labute approximate surface area is 121 Å². The normalized spacial score (nSPS) is 9.71. The number of ether oxygens (including phenoxy) is 1. The van der Waals surface area contributed by atoms with Crippen molar-refractivity contribution in [1.29, 1.82) is 5.26 Å². The maximum atomic E-state index is 12.2. The zero-order valence-electron chi connectivity index (χ0n) is 11.3. The molecular weight excluding hydrogens is 270 g/mol. The Morgan fingerprint density at radius 3 is 2.76 bits per heavy atom. The molecule has 0 aliphatic rings. The molecule has 0 spiro atoms. The molecule has 0 aliphatic carbocycles. The van der Waals surface area contributed by atoms with Crippen LogP contribution in [-0.2, 0) is 0 Å². The van der Waals surface area contributed by atoms with Gasteiger partial charge in [-0.25, -0.2) is 0 Å². The van der Waals surface area contributed by atoms with Gasteiger partial charge in [0.15, 0.2) is 0 Å². The second-order valence-electron chi connectivity index (χ2n) is 4.25. The molecule has 0 unspecified atom stereocenters. The number of nitriles is 1. The third-order valence-electron chi connectivity index (χ3n) is 2.86. The molecule has 6 heteroatoms. The summed E-state index contributed by atoms with van der Waals surface area (Å²) in [6, 6.07) is 10.7. The number of nitrogens with two attached hydrogens (primary N) is 1. The van der Waals surface area contributed by atoms with E-state index in [1.54, 1.807) is 12.1 Å². The first-order chi connectivity index (χ1) is 10.0. The van der Waals surface area contributed by atoms with Gasteiger partial charge in [-0.05, 0) is 30.3 Å². The Balaban J connectivity index is 2.32. The average molecular weight is 283 g/mol. The highest BCUT2D eigenvalue weighted by Gasteiger charge is 2.13. The van der Waals surface area contributed by atoms with Gasteiger partial charge in [-0.1, -0.05) is 0 Å². The van der Waals surface area contributed by atoms with Gasteiger partial charge in [0.05, 0.1) is 30.0 Å². The number of anilines is 2. The number of nitrogens with zero attached hydrogens (tertiary/aromatic N) is 1. The van der Waals surface area contributed by atoms with Gasteiger partial charge in [0.2, 0.25) is 0 Å². The van der Waals surface area contributed by atoms with E-state index in [1.165, 1.54) is 31.4 Å². The van der Waals surface area contributed by atoms with Crippen molar-refractivity contribution in [1.82, 2.24) is 0 Å². The largest absolute Gasteiger partial charge is 0.508 e. The molecule has 106 valence electrons. The number of hydrogen-bond acceptors (Lipinski definition) is 5. The zero-order chi connectivity index (χ0) is 15.4. The van der Waals surface area contributed by atoms with E-state index in [0.717, 1.165) is 0 Å². The zero-order valence-corrected chi connectivity index (χ0v) is 11.3. The number of benzene rings is 2. The van der Waals surface area contributed by atoms with Crippen LogP contribution in [0, 0.1) is 11.3 Å². The topological polar surface area (TPSA) is 108 Å². The summed E-state index contributed by atoms with van der Waals surface area (Å²) >= 11 is 0. The van der Waals surface area contributed by atoms with Crippen molar-refractivity contribution in [2.24, 2.45) is 0 Å². The molecule has 0 fully saturated rings. The summed E-state index contributed by atoms with van der Waals surface area (Å²) in [5.41, 5.74) is 6.94. The number of methoxy groups -OCH3 is 1. The molecule has 0 atom stereocenters. The quantitative estimate of drug-likeness (QED) is 0.590. The van der Waals surface area contributed by atoms with Gasteiger partial charge in [0.25, 0.3) is 5.91 Å². The first-order valence-corrected chi connectivity index (χ1v) is 6.03. The van der Waals surface area contributed by atoms with Crippen LogP contribution in [0.3, 0.4) is 0 Å². The fourth-order valence-electron chi connectivity index (χ4n) is 1.79. The van der Waals surface area contributed by atoms with Crippen LogP contribution >= 0.6 is 0 Å². The van der Waals surface area contributed by atoms with Gasteiger partial charge >= 0.3 is 0 Å².